The van der Waals surface area contributed by atoms with Crippen LogP contribution < -0.4 is 10.1 Å². The summed E-state index contributed by atoms with van der Waals surface area (Å²) in [6.07, 6.45) is 7.40. The van der Waals surface area contributed by atoms with Gasteiger partial charge in [0.1, 0.15) is 5.75 Å². The summed E-state index contributed by atoms with van der Waals surface area (Å²) in [5.74, 6) is 0.786. The fourth-order valence-corrected chi connectivity index (χ4v) is 3.32. The molecule has 1 aliphatic rings. The molecule has 148 valence electrons. The van der Waals surface area contributed by atoms with E-state index in [0.717, 1.165) is 23.4 Å². The number of carbonyl (C=O) groups excluding carboxylic acids is 2. The zero-order valence-electron chi connectivity index (χ0n) is 16.1. The van der Waals surface area contributed by atoms with Crippen molar-refractivity contribution in [3.05, 3.63) is 54.1 Å². The number of piperidine rings is 1. The van der Waals surface area contributed by atoms with Crippen LogP contribution >= 0.6 is 0 Å². The molecule has 1 atom stereocenters. The highest BCUT2D eigenvalue weighted by atomic mass is 16.5. The number of methoxy groups -OCH3 is 1. The zero-order chi connectivity index (χ0) is 19.8. The van der Waals surface area contributed by atoms with Gasteiger partial charge in [-0.15, -0.1) is 0 Å². The number of benzene rings is 1. The summed E-state index contributed by atoms with van der Waals surface area (Å²) in [7, 11) is 1.64. The number of likely N-dealkylation sites (tertiary alicyclic amines) is 1. The Morgan fingerprint density at radius 3 is 2.79 bits per heavy atom. The maximum absolute atomic E-state index is 12.5. The van der Waals surface area contributed by atoms with E-state index in [9.17, 15) is 9.59 Å². The number of amides is 2. The third-order valence-corrected chi connectivity index (χ3v) is 5.00. The predicted octanol–water partition coefficient (Wildman–Crippen LogP) is 1.63. The van der Waals surface area contributed by atoms with E-state index in [4.69, 9.17) is 4.74 Å². The fourth-order valence-electron chi connectivity index (χ4n) is 3.32. The van der Waals surface area contributed by atoms with E-state index in [1.807, 2.05) is 24.3 Å². The molecule has 1 aliphatic heterocycles. The van der Waals surface area contributed by atoms with Crippen LogP contribution in [0.15, 0.2) is 42.9 Å². The van der Waals surface area contributed by atoms with Crippen LogP contribution in [0.4, 0.5) is 0 Å². The molecular formula is C21H26N4O3. The molecule has 0 aliphatic carbocycles. The lowest BCUT2D eigenvalue weighted by Gasteiger charge is -2.32. The quantitative estimate of drug-likeness (QED) is 0.750. The largest absolute Gasteiger partial charge is 0.497 e. The second-order valence-corrected chi connectivity index (χ2v) is 6.91. The van der Waals surface area contributed by atoms with E-state index < -0.39 is 0 Å². The van der Waals surface area contributed by atoms with E-state index in [0.29, 0.717) is 38.9 Å². The smallest absolute Gasteiger partial charge is 0.224 e. The molecule has 0 saturated carbocycles. The molecule has 7 nitrogen and oxygen atoms in total. The van der Waals surface area contributed by atoms with Crippen LogP contribution in [-0.2, 0) is 22.4 Å². The molecule has 0 bridgehead atoms. The molecule has 28 heavy (non-hydrogen) atoms. The number of nitrogens with one attached hydrogen (secondary N) is 1. The average Bonchev–Trinajstić information content (AvgIpc) is 2.74. The van der Waals surface area contributed by atoms with Crippen molar-refractivity contribution in [1.29, 1.82) is 0 Å². The highest BCUT2D eigenvalue weighted by molar-refractivity contribution is 5.83. The predicted molar refractivity (Wildman–Crippen MR) is 105 cm³/mol. The van der Waals surface area contributed by atoms with Crippen LogP contribution in [0.3, 0.4) is 0 Å². The summed E-state index contributed by atoms with van der Waals surface area (Å²) >= 11 is 0. The van der Waals surface area contributed by atoms with Gasteiger partial charge in [0.2, 0.25) is 11.8 Å². The van der Waals surface area contributed by atoms with Gasteiger partial charge in [-0.3, -0.25) is 19.6 Å². The van der Waals surface area contributed by atoms with Crippen molar-refractivity contribution in [2.45, 2.75) is 25.7 Å². The number of hydrogen-bond acceptors (Lipinski definition) is 5. The number of ether oxygens (including phenoxy) is 1. The number of rotatable bonds is 8. The molecule has 2 amide bonds. The molecular weight excluding hydrogens is 356 g/mol. The first-order chi connectivity index (χ1) is 13.7. The van der Waals surface area contributed by atoms with Crippen LogP contribution in [0.25, 0.3) is 0 Å². The minimum atomic E-state index is -0.157. The van der Waals surface area contributed by atoms with Gasteiger partial charge in [0.15, 0.2) is 0 Å². The van der Waals surface area contributed by atoms with Gasteiger partial charge in [-0.1, -0.05) is 12.1 Å². The molecule has 2 heterocycles. The summed E-state index contributed by atoms with van der Waals surface area (Å²) in [4.78, 5) is 34.8. The Balaban J connectivity index is 1.46. The van der Waals surface area contributed by atoms with Crippen LogP contribution in [-0.4, -0.2) is 53.4 Å². The topological polar surface area (TPSA) is 84.4 Å². The summed E-state index contributed by atoms with van der Waals surface area (Å²) < 4.78 is 5.17. The van der Waals surface area contributed by atoms with Gasteiger partial charge in [0.25, 0.3) is 0 Å². The van der Waals surface area contributed by atoms with Gasteiger partial charge in [0, 0.05) is 51.1 Å². The Bertz CT molecular complexity index is 780. The number of nitrogens with zero attached hydrogens (tertiary/aromatic N) is 3. The molecule has 1 aromatic heterocycles. The molecule has 1 fully saturated rings. The van der Waals surface area contributed by atoms with E-state index in [1.54, 1.807) is 30.6 Å². The van der Waals surface area contributed by atoms with Gasteiger partial charge in [0.05, 0.1) is 18.7 Å². The molecule has 0 radical (unpaired) electrons. The lowest BCUT2D eigenvalue weighted by Crippen LogP contribution is -2.46. The number of aromatic nitrogens is 2. The van der Waals surface area contributed by atoms with Crippen LogP contribution in [0.5, 0.6) is 5.75 Å². The van der Waals surface area contributed by atoms with Gasteiger partial charge >= 0.3 is 0 Å². The van der Waals surface area contributed by atoms with Crippen molar-refractivity contribution in [3.63, 3.8) is 0 Å². The van der Waals surface area contributed by atoms with Crippen LogP contribution in [0.1, 0.15) is 24.1 Å². The Labute approximate surface area is 165 Å². The maximum atomic E-state index is 12.5. The van der Waals surface area contributed by atoms with Crippen molar-refractivity contribution >= 4 is 11.8 Å². The third-order valence-electron chi connectivity index (χ3n) is 5.00. The minimum Gasteiger partial charge on any atom is -0.497 e. The van der Waals surface area contributed by atoms with Gasteiger partial charge in [-0.05, 0) is 30.5 Å². The first-order valence-corrected chi connectivity index (χ1v) is 9.59. The van der Waals surface area contributed by atoms with Crippen molar-refractivity contribution < 1.29 is 14.3 Å². The first kappa shape index (κ1) is 19.8. The van der Waals surface area contributed by atoms with E-state index in [2.05, 4.69) is 15.3 Å². The Morgan fingerprint density at radius 2 is 2.07 bits per heavy atom. The first-order valence-electron chi connectivity index (χ1n) is 9.59. The van der Waals surface area contributed by atoms with Crippen molar-refractivity contribution in [2.24, 2.45) is 5.92 Å². The zero-order valence-corrected chi connectivity index (χ0v) is 16.1. The second-order valence-electron chi connectivity index (χ2n) is 6.91. The Morgan fingerprint density at radius 1 is 1.25 bits per heavy atom. The summed E-state index contributed by atoms with van der Waals surface area (Å²) in [6.45, 7) is 1.62. The Kier molecular flexibility index (Phi) is 6.94. The molecule has 1 N–H and O–H groups in total. The summed E-state index contributed by atoms with van der Waals surface area (Å²) in [6, 6.07) is 7.84. The number of carbonyl (C=O) groups is 2. The second kappa shape index (κ2) is 9.82. The minimum absolute atomic E-state index is 0.00541. The average molecular weight is 382 g/mol. The third kappa shape index (κ3) is 5.52. The van der Waals surface area contributed by atoms with Gasteiger partial charge in [-0.25, -0.2) is 0 Å². The molecule has 7 heteroatoms. The molecule has 1 saturated heterocycles. The SMILES string of the molecule is COc1ccc(CCN2C[C@H](C(=O)NCCc3cnccn3)CCC2=O)cc1. The standard InChI is InChI=1S/C21H26N4O3/c1-28-19-5-2-16(3-6-19)9-13-25-15-17(4-7-20(25)26)21(27)24-10-8-18-14-22-11-12-23-18/h2-3,5-6,11-12,14,17H,4,7-10,13,15H2,1H3,(H,24,27)/t17-/m1/s1. The van der Waals surface area contributed by atoms with Gasteiger partial charge < -0.3 is 15.0 Å². The van der Waals surface area contributed by atoms with Crippen LogP contribution in [0, 0.1) is 5.92 Å². The summed E-state index contributed by atoms with van der Waals surface area (Å²) in [5.41, 5.74) is 1.99. The molecule has 0 unspecified atom stereocenters. The molecule has 3 rings (SSSR count). The summed E-state index contributed by atoms with van der Waals surface area (Å²) in [5, 5.41) is 2.96. The molecule has 2 aromatic rings. The molecule has 1 aromatic carbocycles. The van der Waals surface area contributed by atoms with E-state index in [1.165, 1.54) is 0 Å². The lowest BCUT2D eigenvalue weighted by atomic mass is 9.96. The lowest BCUT2D eigenvalue weighted by molar-refractivity contribution is -0.138. The highest BCUT2D eigenvalue weighted by Crippen LogP contribution is 2.19. The van der Waals surface area contributed by atoms with E-state index >= 15 is 0 Å². The van der Waals surface area contributed by atoms with Crippen molar-refractivity contribution in [2.75, 3.05) is 26.7 Å². The highest BCUT2D eigenvalue weighted by Gasteiger charge is 2.29. The maximum Gasteiger partial charge on any atom is 0.224 e. The normalized spacial score (nSPS) is 16.7. The molecule has 0 spiro atoms. The number of hydrogen-bond donors (Lipinski definition) is 1. The van der Waals surface area contributed by atoms with Crippen molar-refractivity contribution in [1.82, 2.24) is 20.2 Å². The van der Waals surface area contributed by atoms with Crippen LogP contribution in [0.2, 0.25) is 0 Å². The fraction of sp³-hybridized carbons (Fsp3) is 0.429. The van der Waals surface area contributed by atoms with Crippen molar-refractivity contribution in [3.8, 4) is 5.75 Å². The Hall–Kier alpha value is -2.96. The monoisotopic (exact) mass is 382 g/mol. The van der Waals surface area contributed by atoms with Gasteiger partial charge in [-0.2, -0.15) is 0 Å². The van der Waals surface area contributed by atoms with E-state index in [-0.39, 0.29) is 17.7 Å².